The fraction of sp³-hybridized carbons (Fsp3) is 0.250. The van der Waals surface area contributed by atoms with Gasteiger partial charge in [0.15, 0.2) is 0 Å². The highest BCUT2D eigenvalue weighted by Gasteiger charge is 1.98. The highest BCUT2D eigenvalue weighted by Crippen LogP contribution is 2.10. The standard InChI is InChI=1S/C8H8N/c1-3-7(2)8-4-5-9-6-8/h1,5-7,9H,2H3. The Kier molecular flexibility index (Phi) is 1.60. The normalized spacial score (nSPS) is 12.4. The average molecular weight is 118 g/mol. The topological polar surface area (TPSA) is 15.8 Å². The molecule has 1 rings (SSSR count). The van der Waals surface area contributed by atoms with Crippen molar-refractivity contribution in [1.29, 1.82) is 0 Å². The van der Waals surface area contributed by atoms with Crippen molar-refractivity contribution in [2.75, 3.05) is 0 Å². The third-order valence-corrected chi connectivity index (χ3v) is 1.28. The molecular formula is C8H8N. The number of hydrogen-bond acceptors (Lipinski definition) is 0. The Hall–Kier alpha value is -1.16. The van der Waals surface area contributed by atoms with Gasteiger partial charge in [-0.1, -0.05) is 5.92 Å². The summed E-state index contributed by atoms with van der Waals surface area (Å²) in [6, 6.07) is 2.99. The minimum atomic E-state index is 0.177. The minimum Gasteiger partial charge on any atom is -0.367 e. The lowest BCUT2D eigenvalue weighted by Gasteiger charge is -1.95. The van der Waals surface area contributed by atoms with Crippen LogP contribution in [0.25, 0.3) is 0 Å². The van der Waals surface area contributed by atoms with Crippen LogP contribution in [-0.4, -0.2) is 4.98 Å². The third-order valence-electron chi connectivity index (χ3n) is 1.28. The molecule has 0 spiro atoms. The van der Waals surface area contributed by atoms with Crippen molar-refractivity contribution in [2.45, 2.75) is 12.8 Å². The van der Waals surface area contributed by atoms with Crippen molar-refractivity contribution >= 4 is 0 Å². The lowest BCUT2D eigenvalue weighted by molar-refractivity contribution is 1.01. The van der Waals surface area contributed by atoms with Crippen LogP contribution in [0.2, 0.25) is 0 Å². The van der Waals surface area contributed by atoms with Crippen molar-refractivity contribution in [2.24, 2.45) is 0 Å². The van der Waals surface area contributed by atoms with Gasteiger partial charge in [0.25, 0.3) is 0 Å². The van der Waals surface area contributed by atoms with Gasteiger partial charge in [-0.2, -0.15) is 0 Å². The molecule has 1 heteroatoms. The van der Waals surface area contributed by atoms with E-state index in [1.165, 1.54) is 0 Å². The molecule has 1 heterocycles. The zero-order valence-electron chi connectivity index (χ0n) is 5.31. The fourth-order valence-electron chi connectivity index (χ4n) is 0.638. The van der Waals surface area contributed by atoms with Crippen LogP contribution in [0.1, 0.15) is 18.4 Å². The number of H-pyrrole nitrogens is 1. The molecule has 1 N–H and O–H groups in total. The lowest BCUT2D eigenvalue weighted by atomic mass is 10.1. The maximum Gasteiger partial charge on any atom is 0.0442 e. The first-order valence-electron chi connectivity index (χ1n) is 2.85. The first-order valence-corrected chi connectivity index (χ1v) is 2.85. The summed E-state index contributed by atoms with van der Waals surface area (Å²) in [6.07, 6.45) is 8.80. The van der Waals surface area contributed by atoms with E-state index in [0.29, 0.717) is 0 Å². The molecule has 9 heavy (non-hydrogen) atoms. The summed E-state index contributed by atoms with van der Waals surface area (Å²) in [5, 5.41) is 0. The molecule has 1 nitrogen and oxygen atoms in total. The van der Waals surface area contributed by atoms with Gasteiger partial charge in [0.1, 0.15) is 0 Å². The Balaban J connectivity index is 2.80. The second kappa shape index (κ2) is 2.41. The van der Waals surface area contributed by atoms with E-state index in [4.69, 9.17) is 6.42 Å². The Labute approximate surface area is 55.1 Å². The number of nitrogens with one attached hydrogen (secondary N) is 1. The van der Waals surface area contributed by atoms with Crippen molar-refractivity contribution in [3.63, 3.8) is 0 Å². The van der Waals surface area contributed by atoms with Crippen LogP contribution >= 0.6 is 0 Å². The third kappa shape index (κ3) is 1.14. The van der Waals surface area contributed by atoms with E-state index in [1.54, 1.807) is 6.20 Å². The maximum absolute atomic E-state index is 5.18. The predicted molar refractivity (Wildman–Crippen MR) is 36.9 cm³/mol. The van der Waals surface area contributed by atoms with Gasteiger partial charge in [-0.15, -0.1) is 6.42 Å². The number of rotatable bonds is 1. The molecule has 0 aromatic carbocycles. The first-order chi connectivity index (χ1) is 4.34. The highest BCUT2D eigenvalue weighted by molar-refractivity contribution is 5.20. The van der Waals surface area contributed by atoms with E-state index >= 15 is 0 Å². The Morgan fingerprint density at radius 3 is 3.11 bits per heavy atom. The smallest absolute Gasteiger partial charge is 0.0442 e. The summed E-state index contributed by atoms with van der Waals surface area (Å²) in [7, 11) is 0. The molecule has 0 aliphatic heterocycles. The van der Waals surface area contributed by atoms with E-state index in [2.05, 4.69) is 17.0 Å². The quantitative estimate of drug-likeness (QED) is 0.538. The van der Waals surface area contributed by atoms with Crippen LogP contribution in [0.4, 0.5) is 0 Å². The van der Waals surface area contributed by atoms with Gasteiger partial charge < -0.3 is 4.98 Å². The van der Waals surface area contributed by atoms with Gasteiger partial charge in [-0.3, -0.25) is 0 Å². The predicted octanol–water partition coefficient (Wildman–Crippen LogP) is 1.55. The second-order valence-electron chi connectivity index (χ2n) is 1.94. The molecule has 1 radical (unpaired) electrons. The van der Waals surface area contributed by atoms with Crippen LogP contribution in [-0.2, 0) is 0 Å². The summed E-state index contributed by atoms with van der Waals surface area (Å²) in [5.74, 6) is 2.79. The molecule has 0 aliphatic carbocycles. The number of hydrogen-bond donors (Lipinski definition) is 1. The van der Waals surface area contributed by atoms with Gasteiger partial charge in [-0.25, -0.2) is 0 Å². The molecular weight excluding hydrogens is 110 g/mol. The lowest BCUT2D eigenvalue weighted by Crippen LogP contribution is -1.83. The molecule has 1 unspecified atom stereocenters. The molecule has 45 valence electrons. The molecule has 0 bridgehead atoms. The van der Waals surface area contributed by atoms with Crippen LogP contribution in [0.5, 0.6) is 0 Å². The largest absolute Gasteiger partial charge is 0.367 e. The highest BCUT2D eigenvalue weighted by atomic mass is 14.6. The summed E-state index contributed by atoms with van der Waals surface area (Å²) in [6.45, 7) is 1.97. The molecule has 0 aliphatic rings. The monoisotopic (exact) mass is 118 g/mol. The Bertz CT molecular complexity index is 203. The second-order valence-corrected chi connectivity index (χ2v) is 1.94. The zero-order chi connectivity index (χ0) is 6.69. The van der Waals surface area contributed by atoms with E-state index in [-0.39, 0.29) is 5.92 Å². The van der Waals surface area contributed by atoms with Crippen LogP contribution in [0.3, 0.4) is 0 Å². The van der Waals surface area contributed by atoms with Crippen molar-refractivity contribution < 1.29 is 0 Å². The van der Waals surface area contributed by atoms with Gasteiger partial charge in [0.05, 0.1) is 0 Å². The van der Waals surface area contributed by atoms with E-state index in [9.17, 15) is 0 Å². The van der Waals surface area contributed by atoms with Crippen LogP contribution in [0, 0.1) is 18.4 Å². The SMILES string of the molecule is C#CC(C)c1[c]c[nH]c1. The molecule has 0 saturated carbocycles. The summed E-state index contributed by atoms with van der Waals surface area (Å²) < 4.78 is 0. The number of aromatic amines is 1. The van der Waals surface area contributed by atoms with E-state index < -0.39 is 0 Å². The summed E-state index contributed by atoms with van der Waals surface area (Å²) in [5.41, 5.74) is 1.05. The molecule has 1 aromatic heterocycles. The van der Waals surface area contributed by atoms with Gasteiger partial charge >= 0.3 is 0 Å². The molecule has 1 atom stereocenters. The molecule has 0 saturated heterocycles. The van der Waals surface area contributed by atoms with Crippen LogP contribution < -0.4 is 0 Å². The summed E-state index contributed by atoms with van der Waals surface area (Å²) in [4.78, 5) is 2.89. The van der Waals surface area contributed by atoms with Gasteiger partial charge in [-0.05, 0) is 12.5 Å². The van der Waals surface area contributed by atoms with E-state index in [0.717, 1.165) is 5.56 Å². The van der Waals surface area contributed by atoms with Crippen molar-refractivity contribution in [1.82, 2.24) is 4.98 Å². The van der Waals surface area contributed by atoms with Crippen molar-refractivity contribution in [3.05, 3.63) is 24.0 Å². The first kappa shape index (κ1) is 5.97. The van der Waals surface area contributed by atoms with Gasteiger partial charge in [0, 0.05) is 24.4 Å². The number of aromatic nitrogens is 1. The minimum absolute atomic E-state index is 0.177. The Morgan fingerprint density at radius 2 is 2.67 bits per heavy atom. The van der Waals surface area contributed by atoms with Crippen LogP contribution in [0.15, 0.2) is 12.4 Å². The molecule has 0 amide bonds. The Morgan fingerprint density at radius 1 is 1.89 bits per heavy atom. The van der Waals surface area contributed by atoms with Gasteiger partial charge in [0.2, 0.25) is 0 Å². The zero-order valence-corrected chi connectivity index (χ0v) is 5.31. The van der Waals surface area contributed by atoms with Crippen molar-refractivity contribution in [3.8, 4) is 12.3 Å². The molecule has 1 aromatic rings. The maximum atomic E-state index is 5.18. The average Bonchev–Trinajstić information content (AvgIpc) is 2.37. The summed E-state index contributed by atoms with van der Waals surface area (Å²) >= 11 is 0. The molecule has 0 fully saturated rings. The fourth-order valence-corrected chi connectivity index (χ4v) is 0.638. The van der Waals surface area contributed by atoms with E-state index in [1.807, 2.05) is 13.1 Å². The number of terminal acetylenes is 1.